The first-order valence-electron chi connectivity index (χ1n) is 11.2. The molecule has 0 aromatic heterocycles. The van der Waals surface area contributed by atoms with E-state index in [-0.39, 0.29) is 37.7 Å². The van der Waals surface area contributed by atoms with E-state index in [1.807, 2.05) is 6.92 Å². The van der Waals surface area contributed by atoms with Crippen LogP contribution in [0, 0.1) is 5.82 Å². The van der Waals surface area contributed by atoms with Gasteiger partial charge in [-0.2, -0.15) is 0 Å². The fourth-order valence-corrected chi connectivity index (χ4v) is 4.93. The summed E-state index contributed by atoms with van der Waals surface area (Å²) in [7, 11) is -3.66. The van der Waals surface area contributed by atoms with Crippen molar-refractivity contribution in [3.05, 3.63) is 63.9 Å². The monoisotopic (exact) mass is 545 g/mol. The first-order chi connectivity index (χ1) is 16.5. The minimum Gasteiger partial charge on any atom is -0.354 e. The van der Waals surface area contributed by atoms with Gasteiger partial charge in [0, 0.05) is 41.7 Å². The SMILES string of the molecule is CCCNC(=O)[C@H](C)N(Cc1c(Cl)cccc1Cl)C(=O)CCCN(c1ccc(F)cc1)S(C)(=O)=O. The van der Waals surface area contributed by atoms with Crippen molar-refractivity contribution in [3.63, 3.8) is 0 Å². The number of carbonyl (C=O) groups excluding carboxylic acids is 2. The molecule has 0 fully saturated rings. The van der Waals surface area contributed by atoms with Crippen LogP contribution in [-0.2, 0) is 26.2 Å². The molecule has 2 aromatic rings. The number of rotatable bonds is 12. The van der Waals surface area contributed by atoms with E-state index in [9.17, 15) is 22.4 Å². The maximum absolute atomic E-state index is 13.3. The Hall–Kier alpha value is -2.36. The number of hydrogen-bond acceptors (Lipinski definition) is 4. The Morgan fingerprint density at radius 2 is 1.69 bits per heavy atom. The second kappa shape index (κ2) is 13.1. The average Bonchev–Trinajstić information content (AvgIpc) is 2.79. The molecule has 0 aliphatic carbocycles. The lowest BCUT2D eigenvalue weighted by Gasteiger charge is -2.30. The first kappa shape index (κ1) is 28.9. The number of nitrogens with one attached hydrogen (secondary N) is 1. The number of hydrogen-bond donors (Lipinski definition) is 1. The number of benzene rings is 2. The lowest BCUT2D eigenvalue weighted by Crippen LogP contribution is -2.48. The van der Waals surface area contributed by atoms with Gasteiger partial charge in [0.25, 0.3) is 0 Å². The van der Waals surface area contributed by atoms with E-state index in [0.29, 0.717) is 27.8 Å². The molecule has 0 aliphatic rings. The third kappa shape index (κ3) is 8.37. The predicted octanol–water partition coefficient (Wildman–Crippen LogP) is 4.62. The number of carbonyl (C=O) groups is 2. The standard InChI is InChI=1S/C24H30Cl2FN3O4S/c1-4-14-28-24(32)17(2)29(16-20-21(25)7-5-8-22(20)26)23(31)9-6-15-30(35(3,33)34)19-12-10-18(27)11-13-19/h5,7-8,10-13,17H,4,6,9,14-16H2,1-3H3,(H,28,32)/t17-/m0/s1. The van der Waals surface area contributed by atoms with Gasteiger partial charge in [-0.25, -0.2) is 12.8 Å². The summed E-state index contributed by atoms with van der Waals surface area (Å²) in [4.78, 5) is 27.3. The number of nitrogens with zero attached hydrogens (tertiary/aromatic N) is 2. The molecule has 35 heavy (non-hydrogen) atoms. The number of halogens is 3. The zero-order valence-electron chi connectivity index (χ0n) is 19.9. The van der Waals surface area contributed by atoms with Crippen LogP contribution in [0.2, 0.25) is 10.0 Å². The van der Waals surface area contributed by atoms with E-state index in [1.165, 1.54) is 29.2 Å². The zero-order chi connectivity index (χ0) is 26.2. The summed E-state index contributed by atoms with van der Waals surface area (Å²) in [6.07, 6.45) is 1.94. The van der Waals surface area contributed by atoms with E-state index in [0.717, 1.165) is 17.0 Å². The van der Waals surface area contributed by atoms with Crippen molar-refractivity contribution >= 4 is 50.7 Å². The average molecular weight is 546 g/mol. The summed E-state index contributed by atoms with van der Waals surface area (Å²) in [5.74, 6) is -1.15. The van der Waals surface area contributed by atoms with Crippen molar-refractivity contribution in [2.24, 2.45) is 0 Å². The van der Waals surface area contributed by atoms with E-state index in [1.54, 1.807) is 25.1 Å². The van der Waals surface area contributed by atoms with Gasteiger partial charge < -0.3 is 10.2 Å². The van der Waals surface area contributed by atoms with Gasteiger partial charge in [0.15, 0.2) is 0 Å². The molecule has 192 valence electrons. The van der Waals surface area contributed by atoms with E-state index in [4.69, 9.17) is 23.2 Å². The van der Waals surface area contributed by atoms with Crippen LogP contribution in [0.25, 0.3) is 0 Å². The summed E-state index contributed by atoms with van der Waals surface area (Å²) >= 11 is 12.6. The van der Waals surface area contributed by atoms with Crippen molar-refractivity contribution in [2.75, 3.05) is 23.7 Å². The minimum atomic E-state index is -3.66. The molecule has 2 rings (SSSR count). The highest BCUT2D eigenvalue weighted by atomic mass is 35.5. The highest BCUT2D eigenvalue weighted by Crippen LogP contribution is 2.27. The van der Waals surface area contributed by atoms with Crippen LogP contribution in [0.4, 0.5) is 10.1 Å². The van der Waals surface area contributed by atoms with Gasteiger partial charge in [-0.3, -0.25) is 13.9 Å². The third-order valence-electron chi connectivity index (χ3n) is 5.37. The molecule has 0 radical (unpaired) electrons. The molecule has 0 saturated heterocycles. The summed E-state index contributed by atoms with van der Waals surface area (Å²) in [6.45, 7) is 4.04. The molecule has 0 spiro atoms. The predicted molar refractivity (Wildman–Crippen MR) is 138 cm³/mol. The normalized spacial score (nSPS) is 12.2. The van der Waals surface area contributed by atoms with Gasteiger partial charge in [0.1, 0.15) is 11.9 Å². The summed E-state index contributed by atoms with van der Waals surface area (Å²) in [5, 5.41) is 3.53. The smallest absolute Gasteiger partial charge is 0.242 e. The minimum absolute atomic E-state index is 0.00725. The van der Waals surface area contributed by atoms with E-state index in [2.05, 4.69) is 5.32 Å². The van der Waals surface area contributed by atoms with Crippen LogP contribution in [0.15, 0.2) is 42.5 Å². The third-order valence-corrected chi connectivity index (χ3v) is 7.28. The van der Waals surface area contributed by atoms with Crippen molar-refractivity contribution in [1.82, 2.24) is 10.2 Å². The van der Waals surface area contributed by atoms with Gasteiger partial charge in [-0.05, 0) is 56.2 Å². The number of sulfonamides is 1. The zero-order valence-corrected chi connectivity index (χ0v) is 22.3. The van der Waals surface area contributed by atoms with Crippen LogP contribution < -0.4 is 9.62 Å². The first-order valence-corrected chi connectivity index (χ1v) is 13.8. The largest absolute Gasteiger partial charge is 0.354 e. The lowest BCUT2D eigenvalue weighted by atomic mass is 10.1. The molecule has 2 amide bonds. The van der Waals surface area contributed by atoms with E-state index < -0.39 is 21.9 Å². The van der Waals surface area contributed by atoms with Crippen molar-refractivity contribution in [2.45, 2.75) is 45.7 Å². The van der Waals surface area contributed by atoms with E-state index >= 15 is 0 Å². The fraction of sp³-hybridized carbons (Fsp3) is 0.417. The molecule has 7 nitrogen and oxygen atoms in total. The lowest BCUT2D eigenvalue weighted by molar-refractivity contribution is -0.140. The maximum atomic E-state index is 13.3. The molecule has 11 heteroatoms. The van der Waals surface area contributed by atoms with Gasteiger partial charge in [0.2, 0.25) is 21.8 Å². The highest BCUT2D eigenvalue weighted by Gasteiger charge is 2.27. The Balaban J connectivity index is 2.20. The van der Waals surface area contributed by atoms with Crippen LogP contribution in [0.3, 0.4) is 0 Å². The summed E-state index contributed by atoms with van der Waals surface area (Å²) in [6, 6.07) is 9.26. The molecule has 0 aliphatic heterocycles. The van der Waals surface area contributed by atoms with Crippen LogP contribution in [-0.4, -0.2) is 50.5 Å². The van der Waals surface area contributed by atoms with Gasteiger partial charge >= 0.3 is 0 Å². The van der Waals surface area contributed by atoms with Crippen LogP contribution >= 0.6 is 23.2 Å². The maximum Gasteiger partial charge on any atom is 0.242 e. The molecular formula is C24H30Cl2FN3O4S. The number of amides is 2. The Morgan fingerprint density at radius 3 is 2.23 bits per heavy atom. The Morgan fingerprint density at radius 1 is 1.09 bits per heavy atom. The molecule has 2 aromatic carbocycles. The number of anilines is 1. The molecule has 0 heterocycles. The van der Waals surface area contributed by atoms with Crippen molar-refractivity contribution < 1.29 is 22.4 Å². The van der Waals surface area contributed by atoms with Crippen molar-refractivity contribution in [3.8, 4) is 0 Å². The molecular weight excluding hydrogens is 516 g/mol. The van der Waals surface area contributed by atoms with Crippen molar-refractivity contribution in [1.29, 1.82) is 0 Å². The topological polar surface area (TPSA) is 86.8 Å². The molecule has 0 bridgehead atoms. The second-order valence-corrected chi connectivity index (χ2v) is 10.8. The molecule has 0 saturated carbocycles. The summed E-state index contributed by atoms with van der Waals surface area (Å²) in [5.41, 5.74) is 0.816. The molecule has 1 atom stereocenters. The van der Waals surface area contributed by atoms with Gasteiger partial charge in [-0.1, -0.05) is 36.2 Å². The van der Waals surface area contributed by atoms with Gasteiger partial charge in [-0.15, -0.1) is 0 Å². The summed E-state index contributed by atoms with van der Waals surface area (Å²) < 4.78 is 39.0. The Labute approximate surface area is 216 Å². The Bertz CT molecular complexity index is 1110. The van der Waals surface area contributed by atoms with Crippen LogP contribution in [0.5, 0.6) is 0 Å². The highest BCUT2D eigenvalue weighted by molar-refractivity contribution is 7.92. The second-order valence-electron chi connectivity index (χ2n) is 8.10. The van der Waals surface area contributed by atoms with Gasteiger partial charge in [0.05, 0.1) is 11.9 Å². The quantitative estimate of drug-likeness (QED) is 0.421. The molecule has 1 N–H and O–H groups in total. The molecule has 0 unspecified atom stereocenters. The Kier molecular flexibility index (Phi) is 10.8. The van der Waals surface area contributed by atoms with Crippen LogP contribution in [0.1, 0.15) is 38.7 Å². The fourth-order valence-electron chi connectivity index (χ4n) is 3.44.